The lowest BCUT2D eigenvalue weighted by Gasteiger charge is -2.35. The first-order valence-corrected chi connectivity index (χ1v) is 28.7. The van der Waals surface area contributed by atoms with Gasteiger partial charge in [-0.1, -0.05) is 69.3 Å². The second-order valence-electron chi connectivity index (χ2n) is 21.3. The van der Waals surface area contributed by atoms with E-state index in [9.17, 15) is 34.2 Å². The fourth-order valence-corrected chi connectivity index (χ4v) is 11.7. The van der Waals surface area contributed by atoms with Crippen LogP contribution < -0.4 is 20.7 Å². The smallest absolute Gasteiger partial charge is 0.306 e. The van der Waals surface area contributed by atoms with Crippen molar-refractivity contribution in [1.29, 1.82) is 0 Å². The molecule has 0 spiro atoms. The summed E-state index contributed by atoms with van der Waals surface area (Å²) >= 11 is 3.16. The molecule has 0 bridgehead atoms. The molecular weight excluding hydrogens is 1070 g/mol. The van der Waals surface area contributed by atoms with Crippen molar-refractivity contribution in [3.8, 4) is 21.2 Å². The normalized spacial score (nSPS) is 16.6. The maximum atomic E-state index is 14.0. The number of likely N-dealkylation sites (tertiary alicyclic amines) is 1. The van der Waals surface area contributed by atoms with Gasteiger partial charge in [0.15, 0.2) is 5.82 Å². The van der Waals surface area contributed by atoms with Gasteiger partial charge in [0.25, 0.3) is 0 Å². The van der Waals surface area contributed by atoms with Crippen molar-refractivity contribution < 1.29 is 53.1 Å². The number of carbonyl (C=O) groups excluding carboxylic acids is 4. The zero-order chi connectivity index (χ0) is 58.0. The molecule has 81 heavy (non-hydrogen) atoms. The molecular formula is C59H71N9O11S2. The highest BCUT2D eigenvalue weighted by Gasteiger charge is 2.45. The number of aryl methyl sites for hydroxylation is 4. The number of thiophene rings is 1. The first-order chi connectivity index (χ1) is 38.7. The monoisotopic (exact) mass is 1150 g/mol. The molecule has 5 N–H and O–H groups in total. The highest BCUT2D eigenvalue weighted by molar-refractivity contribution is 7.15. The molecule has 0 aliphatic carbocycles. The van der Waals surface area contributed by atoms with Gasteiger partial charge in [-0.2, -0.15) is 0 Å². The Kier molecular flexibility index (Phi) is 20.0. The largest absolute Gasteiger partial charge is 0.491 e. The average molecular weight is 1150 g/mol. The van der Waals surface area contributed by atoms with E-state index in [4.69, 9.17) is 23.9 Å². The van der Waals surface area contributed by atoms with E-state index in [-0.39, 0.29) is 63.5 Å². The Bertz CT molecular complexity index is 3200. The fraction of sp³-hybridized carbons (Fsp3) is 0.441. The van der Waals surface area contributed by atoms with Crippen molar-refractivity contribution >= 4 is 63.7 Å². The van der Waals surface area contributed by atoms with E-state index in [1.807, 2.05) is 138 Å². The van der Waals surface area contributed by atoms with E-state index in [0.29, 0.717) is 61.6 Å². The van der Waals surface area contributed by atoms with Crippen LogP contribution in [0, 0.1) is 33.1 Å². The highest BCUT2D eigenvalue weighted by Crippen LogP contribution is 2.40. The zero-order valence-electron chi connectivity index (χ0n) is 46.9. The maximum absolute atomic E-state index is 14.0. The number of anilines is 1. The lowest BCUT2D eigenvalue weighted by molar-refractivity contribution is -0.144. The molecule has 6 aromatic rings. The SMILES string of the molecule is Cc1ncsc1-c1ccc(C(C)NC(=O)[C@@H]2C[C@@H](O)CN2C(=O)C(NC(=O)COCCOCCOCCOc2ccc(CCC(=O)Nc3ccc(C4=N[C@@H](CC(=O)O)c5nnc(C)n5-c5sc(C)c(C)c54)cc3)cc2)C(C)(C)C)cc1. The minimum absolute atomic E-state index is 0.0342. The van der Waals surface area contributed by atoms with E-state index in [1.165, 1.54) is 4.90 Å². The average Bonchev–Trinajstić information content (AvgIpc) is 3.58. The van der Waals surface area contributed by atoms with E-state index >= 15 is 0 Å². The van der Waals surface area contributed by atoms with Crippen LogP contribution in [-0.2, 0) is 44.6 Å². The van der Waals surface area contributed by atoms with Crippen LogP contribution >= 0.6 is 22.7 Å². The molecule has 2 aliphatic rings. The number of aliphatic imine (C=N–C) groups is 1. The van der Waals surface area contributed by atoms with Crippen LogP contribution in [0.25, 0.3) is 15.4 Å². The number of rotatable bonds is 25. The number of nitrogens with one attached hydrogen (secondary N) is 3. The molecule has 1 saturated heterocycles. The van der Waals surface area contributed by atoms with Crippen molar-refractivity contribution in [1.82, 2.24) is 35.3 Å². The van der Waals surface area contributed by atoms with Crippen molar-refractivity contribution in [3.63, 3.8) is 0 Å². The maximum Gasteiger partial charge on any atom is 0.306 e. The van der Waals surface area contributed by atoms with Gasteiger partial charge >= 0.3 is 5.97 Å². The van der Waals surface area contributed by atoms with Crippen LogP contribution in [0.1, 0.15) is 109 Å². The van der Waals surface area contributed by atoms with E-state index in [1.54, 1.807) is 22.7 Å². The van der Waals surface area contributed by atoms with Gasteiger partial charge in [0.05, 0.1) is 73.4 Å². The number of nitrogens with zero attached hydrogens (tertiary/aromatic N) is 6. The number of aliphatic hydroxyl groups is 1. The van der Waals surface area contributed by atoms with Crippen LogP contribution in [0.15, 0.2) is 83.3 Å². The molecule has 3 aromatic carbocycles. The Balaban J connectivity index is 0.688. The third-order valence-electron chi connectivity index (χ3n) is 14.1. The number of hydrogen-bond donors (Lipinski definition) is 5. The third-order valence-corrected chi connectivity index (χ3v) is 16.3. The summed E-state index contributed by atoms with van der Waals surface area (Å²) in [7, 11) is 0. The fourth-order valence-electron chi connectivity index (χ4n) is 9.68. The van der Waals surface area contributed by atoms with Gasteiger partial charge in [0.2, 0.25) is 23.6 Å². The van der Waals surface area contributed by atoms with Crippen LogP contribution in [-0.4, -0.2) is 141 Å². The Morgan fingerprint density at radius 3 is 2.14 bits per heavy atom. The molecule has 5 atom stereocenters. The number of thiazole rings is 1. The first kappa shape index (κ1) is 59.9. The molecule has 0 saturated carbocycles. The number of carbonyl (C=O) groups is 5. The topological polar surface area (TPSA) is 258 Å². The first-order valence-electron chi connectivity index (χ1n) is 27.0. The lowest BCUT2D eigenvalue weighted by atomic mass is 9.85. The van der Waals surface area contributed by atoms with Gasteiger partial charge in [-0.15, -0.1) is 32.9 Å². The summed E-state index contributed by atoms with van der Waals surface area (Å²) in [4.78, 5) is 78.6. The molecule has 22 heteroatoms. The number of aliphatic carboxylic acids is 1. The summed E-state index contributed by atoms with van der Waals surface area (Å²) in [6.45, 7) is 16.5. The third kappa shape index (κ3) is 15.2. The molecule has 8 rings (SSSR count). The van der Waals surface area contributed by atoms with Crippen LogP contribution in [0.4, 0.5) is 5.69 Å². The number of carboxylic acids is 1. The van der Waals surface area contributed by atoms with E-state index in [2.05, 4.69) is 31.1 Å². The number of carboxylic acid groups (broad SMARTS) is 1. The summed E-state index contributed by atoms with van der Waals surface area (Å²) in [6.07, 6.45) is -0.261. The molecule has 0 radical (unpaired) electrons. The molecule has 2 aliphatic heterocycles. The summed E-state index contributed by atoms with van der Waals surface area (Å²) < 4.78 is 24.6. The number of amides is 4. The minimum Gasteiger partial charge on any atom is -0.491 e. The van der Waals surface area contributed by atoms with Gasteiger partial charge in [-0.3, -0.25) is 33.5 Å². The number of aliphatic hydroxyl groups excluding tert-OH is 1. The lowest BCUT2D eigenvalue weighted by Crippen LogP contribution is -2.58. The van der Waals surface area contributed by atoms with Crippen LogP contribution in [0.3, 0.4) is 0 Å². The summed E-state index contributed by atoms with van der Waals surface area (Å²) in [5, 5.41) is 38.7. The Labute approximate surface area is 479 Å². The minimum atomic E-state index is -0.988. The molecule has 2 unspecified atom stereocenters. The second-order valence-corrected chi connectivity index (χ2v) is 23.3. The number of β-amino-alcohol motifs (C(OH)–C–C–N with tert-alkyl or cyclic N) is 1. The molecule has 430 valence electrons. The quantitative estimate of drug-likeness (QED) is 0.0350. The van der Waals surface area contributed by atoms with Gasteiger partial charge in [0.1, 0.15) is 47.9 Å². The number of aromatic nitrogens is 4. The molecule has 20 nitrogen and oxygen atoms in total. The molecule has 1 fully saturated rings. The Hall–Kier alpha value is -7.21. The van der Waals surface area contributed by atoms with Crippen molar-refractivity contribution in [2.24, 2.45) is 10.4 Å². The Morgan fingerprint density at radius 1 is 0.815 bits per heavy atom. The number of hydrogen-bond acceptors (Lipinski definition) is 16. The van der Waals surface area contributed by atoms with Crippen LogP contribution in [0.5, 0.6) is 5.75 Å². The highest BCUT2D eigenvalue weighted by atomic mass is 32.1. The van der Waals surface area contributed by atoms with Gasteiger partial charge in [-0.25, -0.2) is 4.98 Å². The number of benzene rings is 3. The zero-order valence-corrected chi connectivity index (χ0v) is 48.6. The van der Waals surface area contributed by atoms with E-state index in [0.717, 1.165) is 53.8 Å². The predicted molar refractivity (Wildman–Crippen MR) is 308 cm³/mol. The summed E-state index contributed by atoms with van der Waals surface area (Å²) in [5.41, 5.74) is 9.01. The van der Waals surface area contributed by atoms with Gasteiger partial charge in [-0.05, 0) is 93.0 Å². The standard InChI is InChI=1S/C59H71N9O11S2/c1-34-37(4)81-58-51(34)52(63-46(30-50(72)73)55-66-65-38(5)68(55)58)41-16-18-43(19-17-41)62-48(70)22-11-39-9-20-45(21-10-39)79-28-27-77-24-23-76-25-26-78-32-49(71)64-54(59(6,7)8)57(75)67-31-44(69)29-47(67)56(74)61-35(2)40-12-14-42(15-13-40)53-36(3)60-33-80-53/h9-10,12-21,33,35,44,46-47,54,69H,11,22-32H2,1-8H3,(H,61,74)(H,62,70)(H,64,71)(H,72,73)/t35?,44-,46+,47+,54?/m1/s1. The van der Waals surface area contributed by atoms with Gasteiger partial charge in [0, 0.05) is 41.1 Å². The van der Waals surface area contributed by atoms with Crippen molar-refractivity contribution in [2.75, 3.05) is 58.1 Å². The van der Waals surface area contributed by atoms with Gasteiger partial charge < -0.3 is 50.0 Å². The predicted octanol–water partition coefficient (Wildman–Crippen LogP) is 7.42. The van der Waals surface area contributed by atoms with E-state index < -0.39 is 47.4 Å². The summed E-state index contributed by atoms with van der Waals surface area (Å²) in [6, 6.07) is 19.9. The molecule has 5 heterocycles. The molecule has 4 amide bonds. The van der Waals surface area contributed by atoms with Crippen molar-refractivity contribution in [3.05, 3.63) is 128 Å². The number of ether oxygens (including phenoxy) is 4. The summed E-state index contributed by atoms with van der Waals surface area (Å²) in [5.74, 6) is -0.650. The second kappa shape index (κ2) is 27.0. The molecule has 3 aromatic heterocycles. The number of fused-ring (bicyclic) bond motifs is 3. The van der Waals surface area contributed by atoms with Crippen molar-refractivity contribution in [2.45, 2.75) is 111 Å². The Morgan fingerprint density at radius 2 is 1.48 bits per heavy atom. The van der Waals surface area contributed by atoms with Crippen LogP contribution in [0.2, 0.25) is 0 Å².